The molecule has 0 aliphatic rings. The van der Waals surface area contributed by atoms with Gasteiger partial charge in [-0.2, -0.15) is 0 Å². The quantitative estimate of drug-likeness (QED) is 0.855. The number of rotatable bonds is 5. The standard InChI is InChI=1S/C12H13F2N3O2/c1-19-6-10(18)15-5-4-9-16-8-3-2-7(13)11(14)12(8)17-9/h2-3H,4-6H2,1H3,(H,15,18)(H,16,17). The molecular weight excluding hydrogens is 256 g/mol. The minimum Gasteiger partial charge on any atom is -0.375 e. The molecule has 0 bridgehead atoms. The van der Waals surface area contributed by atoms with Crippen molar-refractivity contribution in [3.8, 4) is 0 Å². The van der Waals surface area contributed by atoms with Gasteiger partial charge in [-0.05, 0) is 12.1 Å². The fourth-order valence-corrected chi connectivity index (χ4v) is 1.69. The van der Waals surface area contributed by atoms with Crippen molar-refractivity contribution in [1.29, 1.82) is 0 Å². The fourth-order valence-electron chi connectivity index (χ4n) is 1.69. The molecule has 2 N–H and O–H groups in total. The summed E-state index contributed by atoms with van der Waals surface area (Å²) in [7, 11) is 1.43. The maximum Gasteiger partial charge on any atom is 0.245 e. The summed E-state index contributed by atoms with van der Waals surface area (Å²) in [5.41, 5.74) is 0.398. The number of ether oxygens (including phenoxy) is 1. The molecule has 0 unspecified atom stereocenters. The van der Waals surface area contributed by atoms with Gasteiger partial charge in [0.25, 0.3) is 0 Å². The average molecular weight is 269 g/mol. The molecule has 1 amide bonds. The van der Waals surface area contributed by atoms with Crippen molar-refractivity contribution >= 4 is 16.9 Å². The van der Waals surface area contributed by atoms with Gasteiger partial charge < -0.3 is 15.0 Å². The van der Waals surface area contributed by atoms with E-state index in [4.69, 9.17) is 0 Å². The Hall–Kier alpha value is -2.02. The Kier molecular flexibility index (Phi) is 4.06. The predicted molar refractivity (Wildman–Crippen MR) is 64.6 cm³/mol. The van der Waals surface area contributed by atoms with Crippen LogP contribution in [0.4, 0.5) is 8.78 Å². The maximum absolute atomic E-state index is 13.4. The minimum absolute atomic E-state index is 0.0139. The molecule has 2 rings (SSSR count). The van der Waals surface area contributed by atoms with E-state index in [9.17, 15) is 13.6 Å². The summed E-state index contributed by atoms with van der Waals surface area (Å²) < 4.78 is 31.1. The highest BCUT2D eigenvalue weighted by Gasteiger charge is 2.11. The number of aromatic nitrogens is 2. The Bertz CT molecular complexity index is 598. The Morgan fingerprint density at radius 2 is 2.26 bits per heavy atom. The summed E-state index contributed by atoms with van der Waals surface area (Å²) in [5, 5.41) is 2.61. The molecule has 0 aliphatic carbocycles. The Morgan fingerprint density at radius 1 is 1.47 bits per heavy atom. The lowest BCUT2D eigenvalue weighted by atomic mass is 10.3. The van der Waals surface area contributed by atoms with Crippen LogP contribution in [-0.4, -0.2) is 36.1 Å². The van der Waals surface area contributed by atoms with E-state index in [1.54, 1.807) is 0 Å². The highest BCUT2D eigenvalue weighted by Crippen LogP contribution is 2.18. The van der Waals surface area contributed by atoms with Crippen LogP contribution in [-0.2, 0) is 16.0 Å². The molecule has 1 aromatic carbocycles. The zero-order chi connectivity index (χ0) is 13.8. The van der Waals surface area contributed by atoms with Crippen LogP contribution < -0.4 is 5.32 Å². The predicted octanol–water partition coefficient (Wildman–Crippen LogP) is 1.15. The summed E-state index contributed by atoms with van der Waals surface area (Å²) in [6.07, 6.45) is 0.394. The molecule has 0 fully saturated rings. The lowest BCUT2D eigenvalue weighted by Gasteiger charge is -2.01. The first-order valence-corrected chi connectivity index (χ1v) is 5.70. The first kappa shape index (κ1) is 13.4. The number of benzene rings is 1. The molecule has 1 aromatic heterocycles. The van der Waals surface area contributed by atoms with Gasteiger partial charge in [0, 0.05) is 20.1 Å². The van der Waals surface area contributed by atoms with Crippen LogP contribution in [0, 0.1) is 11.6 Å². The molecule has 0 spiro atoms. The second kappa shape index (κ2) is 5.75. The monoisotopic (exact) mass is 269 g/mol. The van der Waals surface area contributed by atoms with E-state index in [1.165, 1.54) is 13.2 Å². The van der Waals surface area contributed by atoms with Crippen LogP contribution in [0.15, 0.2) is 12.1 Å². The van der Waals surface area contributed by atoms with Gasteiger partial charge in [0.2, 0.25) is 5.91 Å². The summed E-state index contributed by atoms with van der Waals surface area (Å²) in [4.78, 5) is 18.0. The average Bonchev–Trinajstić information content (AvgIpc) is 2.78. The number of H-pyrrole nitrogens is 1. The van der Waals surface area contributed by atoms with Gasteiger partial charge in [0.15, 0.2) is 11.6 Å². The molecule has 19 heavy (non-hydrogen) atoms. The number of nitrogens with zero attached hydrogens (tertiary/aromatic N) is 1. The van der Waals surface area contributed by atoms with E-state index in [0.29, 0.717) is 24.3 Å². The first-order chi connectivity index (χ1) is 9.11. The molecule has 102 valence electrons. The smallest absolute Gasteiger partial charge is 0.245 e. The number of halogens is 2. The number of carbonyl (C=O) groups excluding carboxylic acids is 1. The number of fused-ring (bicyclic) bond motifs is 1. The minimum atomic E-state index is -0.969. The van der Waals surface area contributed by atoms with Gasteiger partial charge in [-0.25, -0.2) is 13.8 Å². The third-order valence-corrected chi connectivity index (χ3v) is 2.55. The van der Waals surface area contributed by atoms with E-state index < -0.39 is 11.6 Å². The highest BCUT2D eigenvalue weighted by atomic mass is 19.2. The van der Waals surface area contributed by atoms with E-state index >= 15 is 0 Å². The van der Waals surface area contributed by atoms with E-state index in [0.717, 1.165) is 6.07 Å². The van der Waals surface area contributed by atoms with Crippen molar-refractivity contribution in [2.45, 2.75) is 6.42 Å². The molecule has 7 heteroatoms. The lowest BCUT2D eigenvalue weighted by Crippen LogP contribution is -2.29. The summed E-state index contributed by atoms with van der Waals surface area (Å²) in [5.74, 6) is -1.66. The van der Waals surface area contributed by atoms with Crippen LogP contribution in [0.1, 0.15) is 5.82 Å². The van der Waals surface area contributed by atoms with Crippen molar-refractivity contribution in [3.63, 3.8) is 0 Å². The van der Waals surface area contributed by atoms with E-state index in [2.05, 4.69) is 20.0 Å². The molecule has 1 heterocycles. The first-order valence-electron chi connectivity index (χ1n) is 5.70. The number of aromatic amines is 1. The van der Waals surface area contributed by atoms with Gasteiger partial charge in [0.1, 0.15) is 17.9 Å². The fraction of sp³-hybridized carbons (Fsp3) is 0.333. The number of amides is 1. The van der Waals surface area contributed by atoms with Crippen LogP contribution >= 0.6 is 0 Å². The maximum atomic E-state index is 13.4. The third kappa shape index (κ3) is 3.05. The molecule has 0 radical (unpaired) electrons. The molecule has 0 saturated carbocycles. The third-order valence-electron chi connectivity index (χ3n) is 2.55. The molecule has 0 saturated heterocycles. The number of imidazole rings is 1. The zero-order valence-corrected chi connectivity index (χ0v) is 10.3. The number of nitrogens with one attached hydrogen (secondary N) is 2. The van der Waals surface area contributed by atoms with Gasteiger partial charge in [-0.15, -0.1) is 0 Å². The van der Waals surface area contributed by atoms with Crippen LogP contribution in [0.5, 0.6) is 0 Å². The SMILES string of the molecule is COCC(=O)NCCc1nc2c(F)c(F)ccc2[nH]1. The highest BCUT2D eigenvalue weighted by molar-refractivity contribution is 5.77. The van der Waals surface area contributed by atoms with E-state index in [1.807, 2.05) is 0 Å². The van der Waals surface area contributed by atoms with Crippen molar-refractivity contribution in [1.82, 2.24) is 15.3 Å². The molecule has 5 nitrogen and oxygen atoms in total. The number of carbonyl (C=O) groups is 1. The second-order valence-electron chi connectivity index (χ2n) is 3.97. The largest absolute Gasteiger partial charge is 0.375 e. The molecule has 2 aromatic rings. The summed E-state index contributed by atoms with van der Waals surface area (Å²) in [6.45, 7) is 0.325. The van der Waals surface area contributed by atoms with Gasteiger partial charge in [-0.1, -0.05) is 0 Å². The lowest BCUT2D eigenvalue weighted by molar-refractivity contribution is -0.124. The van der Waals surface area contributed by atoms with Crippen LogP contribution in [0.25, 0.3) is 11.0 Å². The molecule has 0 aliphatic heterocycles. The second-order valence-corrected chi connectivity index (χ2v) is 3.97. The Morgan fingerprint density at radius 3 is 3.00 bits per heavy atom. The van der Waals surface area contributed by atoms with E-state index in [-0.39, 0.29) is 18.0 Å². The zero-order valence-electron chi connectivity index (χ0n) is 10.3. The topological polar surface area (TPSA) is 67.0 Å². The van der Waals surface area contributed by atoms with Crippen molar-refractivity contribution < 1.29 is 18.3 Å². The van der Waals surface area contributed by atoms with Crippen LogP contribution in [0.2, 0.25) is 0 Å². The number of methoxy groups -OCH3 is 1. The summed E-state index contributed by atoms with van der Waals surface area (Å²) >= 11 is 0. The van der Waals surface area contributed by atoms with Crippen molar-refractivity contribution in [3.05, 3.63) is 29.6 Å². The molecular formula is C12H13F2N3O2. The number of hydrogen-bond donors (Lipinski definition) is 2. The van der Waals surface area contributed by atoms with Crippen LogP contribution in [0.3, 0.4) is 0 Å². The van der Waals surface area contributed by atoms with Gasteiger partial charge >= 0.3 is 0 Å². The number of hydrogen-bond acceptors (Lipinski definition) is 3. The van der Waals surface area contributed by atoms with Crippen molar-refractivity contribution in [2.24, 2.45) is 0 Å². The Balaban J connectivity index is 2.02. The van der Waals surface area contributed by atoms with Gasteiger partial charge in [0.05, 0.1) is 5.52 Å². The van der Waals surface area contributed by atoms with Crippen molar-refractivity contribution in [2.75, 3.05) is 20.3 Å². The summed E-state index contributed by atoms with van der Waals surface area (Å²) in [6, 6.07) is 2.47. The molecule has 0 atom stereocenters. The van der Waals surface area contributed by atoms with Gasteiger partial charge in [-0.3, -0.25) is 4.79 Å². The normalized spacial score (nSPS) is 10.9. The Labute approximate surface area is 108 Å².